The van der Waals surface area contributed by atoms with E-state index in [0.29, 0.717) is 0 Å². The summed E-state index contributed by atoms with van der Waals surface area (Å²) in [7, 11) is 0. The van der Waals surface area contributed by atoms with Crippen LogP contribution in [0, 0.1) is 5.92 Å². The lowest BCUT2D eigenvalue weighted by Gasteiger charge is -2.20. The molecule has 2 heteroatoms. The van der Waals surface area contributed by atoms with Crippen molar-refractivity contribution >= 4 is 15.9 Å². The lowest BCUT2D eigenvalue weighted by atomic mass is 9.90. The van der Waals surface area contributed by atoms with Crippen LogP contribution in [-0.2, 0) is 0 Å². The molecule has 1 fully saturated rings. The van der Waals surface area contributed by atoms with E-state index in [0.717, 1.165) is 22.9 Å². The van der Waals surface area contributed by atoms with Gasteiger partial charge in [0.25, 0.3) is 0 Å². The predicted octanol–water partition coefficient (Wildman–Crippen LogP) is 5.43. The van der Waals surface area contributed by atoms with Crippen LogP contribution in [0.3, 0.4) is 0 Å². The maximum Gasteiger partial charge on any atom is 0.129 e. The first-order chi connectivity index (χ1) is 7.79. The molecule has 88 valence electrons. The molecule has 1 aliphatic rings. The van der Waals surface area contributed by atoms with Gasteiger partial charge < -0.3 is 0 Å². The fraction of sp³-hybridized carbons (Fsp3) is 0.571. The molecule has 1 unspecified atom stereocenters. The van der Waals surface area contributed by atoms with Crippen LogP contribution >= 0.6 is 15.9 Å². The molecule has 1 aliphatic carbocycles. The molecule has 0 amide bonds. The van der Waals surface area contributed by atoms with Gasteiger partial charge in [-0.05, 0) is 24.8 Å². The van der Waals surface area contributed by atoms with Gasteiger partial charge in [0.15, 0.2) is 0 Å². The molecule has 1 aromatic carbocycles. The Morgan fingerprint density at radius 2 is 1.69 bits per heavy atom. The first kappa shape index (κ1) is 12.1. The van der Waals surface area contributed by atoms with Gasteiger partial charge in [0, 0.05) is 10.0 Å². The van der Waals surface area contributed by atoms with Crippen molar-refractivity contribution in [2.24, 2.45) is 5.92 Å². The molecule has 0 N–H and O–H groups in total. The summed E-state index contributed by atoms with van der Waals surface area (Å²) in [5, 5.41) is 0. The van der Waals surface area contributed by atoms with E-state index < -0.39 is 6.17 Å². The molecular weight excluding hydrogens is 267 g/mol. The second-order valence-electron chi connectivity index (χ2n) is 4.67. The van der Waals surface area contributed by atoms with Crippen LogP contribution in [0.5, 0.6) is 0 Å². The maximum atomic E-state index is 14.4. The van der Waals surface area contributed by atoms with Crippen LogP contribution in [0.1, 0.15) is 50.3 Å². The lowest BCUT2D eigenvalue weighted by Crippen LogP contribution is -2.08. The number of rotatable bonds is 2. The van der Waals surface area contributed by atoms with E-state index >= 15 is 0 Å². The van der Waals surface area contributed by atoms with Gasteiger partial charge in [-0.15, -0.1) is 0 Å². The molecule has 1 aromatic rings. The standard InChI is InChI=1S/C14H18BrF/c15-13-10-6-5-9-12(13)14(16)11-7-3-1-2-4-8-11/h5-6,9-11,14H,1-4,7-8H2. The second-order valence-corrected chi connectivity index (χ2v) is 5.53. The average molecular weight is 285 g/mol. The van der Waals surface area contributed by atoms with Crippen LogP contribution in [0.2, 0.25) is 0 Å². The normalized spacial score (nSPS) is 20.4. The van der Waals surface area contributed by atoms with Crippen LogP contribution in [0.15, 0.2) is 28.7 Å². The van der Waals surface area contributed by atoms with Crippen molar-refractivity contribution in [3.05, 3.63) is 34.3 Å². The van der Waals surface area contributed by atoms with E-state index in [1.54, 1.807) is 0 Å². The summed E-state index contributed by atoms with van der Waals surface area (Å²) < 4.78 is 15.3. The highest BCUT2D eigenvalue weighted by atomic mass is 79.9. The fourth-order valence-electron chi connectivity index (χ4n) is 2.56. The monoisotopic (exact) mass is 284 g/mol. The Labute approximate surface area is 105 Å². The summed E-state index contributed by atoms with van der Waals surface area (Å²) in [5.41, 5.74) is 0.828. The molecule has 1 saturated carbocycles. The first-order valence-corrected chi connectivity index (χ1v) is 6.97. The summed E-state index contributed by atoms with van der Waals surface area (Å²) in [6.07, 6.45) is 6.22. The molecule has 16 heavy (non-hydrogen) atoms. The topological polar surface area (TPSA) is 0 Å². The zero-order chi connectivity index (χ0) is 11.4. The van der Waals surface area contributed by atoms with Crippen molar-refractivity contribution in [1.82, 2.24) is 0 Å². The van der Waals surface area contributed by atoms with Crippen LogP contribution < -0.4 is 0 Å². The molecule has 0 nitrogen and oxygen atoms in total. The van der Waals surface area contributed by atoms with E-state index in [-0.39, 0.29) is 5.92 Å². The molecule has 0 aromatic heterocycles. The van der Waals surface area contributed by atoms with Gasteiger partial charge in [-0.2, -0.15) is 0 Å². The van der Waals surface area contributed by atoms with E-state index in [9.17, 15) is 4.39 Å². The van der Waals surface area contributed by atoms with Gasteiger partial charge in [-0.1, -0.05) is 59.8 Å². The molecule has 0 heterocycles. The highest BCUT2D eigenvalue weighted by Crippen LogP contribution is 2.38. The Kier molecular flexibility index (Phi) is 4.39. The van der Waals surface area contributed by atoms with E-state index in [2.05, 4.69) is 15.9 Å². The van der Waals surface area contributed by atoms with Gasteiger partial charge >= 0.3 is 0 Å². The number of halogens is 2. The van der Waals surface area contributed by atoms with E-state index in [1.807, 2.05) is 24.3 Å². The summed E-state index contributed by atoms with van der Waals surface area (Å²) >= 11 is 3.44. The smallest absolute Gasteiger partial charge is 0.129 e. The van der Waals surface area contributed by atoms with Crippen LogP contribution in [0.4, 0.5) is 4.39 Å². The van der Waals surface area contributed by atoms with Crippen molar-refractivity contribution in [3.63, 3.8) is 0 Å². The first-order valence-electron chi connectivity index (χ1n) is 6.17. The van der Waals surface area contributed by atoms with Gasteiger partial charge in [-0.3, -0.25) is 0 Å². The third-order valence-corrected chi connectivity index (χ3v) is 4.24. The van der Waals surface area contributed by atoms with Gasteiger partial charge in [-0.25, -0.2) is 4.39 Å². The van der Waals surface area contributed by atoms with E-state index in [4.69, 9.17) is 0 Å². The molecular formula is C14H18BrF. The Hall–Kier alpha value is -0.370. The third kappa shape index (κ3) is 2.85. The highest BCUT2D eigenvalue weighted by molar-refractivity contribution is 9.10. The van der Waals surface area contributed by atoms with Crippen molar-refractivity contribution < 1.29 is 4.39 Å². The maximum absolute atomic E-state index is 14.4. The molecule has 0 radical (unpaired) electrons. The number of hydrogen-bond acceptors (Lipinski definition) is 0. The van der Waals surface area contributed by atoms with Gasteiger partial charge in [0.05, 0.1) is 0 Å². The van der Waals surface area contributed by atoms with Gasteiger partial charge in [0.2, 0.25) is 0 Å². The van der Waals surface area contributed by atoms with Crippen molar-refractivity contribution in [3.8, 4) is 0 Å². The fourth-order valence-corrected chi connectivity index (χ4v) is 3.06. The number of benzene rings is 1. The molecule has 2 rings (SSSR count). The zero-order valence-electron chi connectivity index (χ0n) is 9.46. The van der Waals surface area contributed by atoms with Crippen LogP contribution in [-0.4, -0.2) is 0 Å². The summed E-state index contributed by atoms with van der Waals surface area (Å²) in [4.78, 5) is 0. The third-order valence-electron chi connectivity index (χ3n) is 3.52. The Balaban J connectivity index is 2.11. The Morgan fingerprint density at radius 1 is 1.06 bits per heavy atom. The molecule has 0 aliphatic heterocycles. The molecule has 0 saturated heterocycles. The van der Waals surface area contributed by atoms with Crippen molar-refractivity contribution in [1.29, 1.82) is 0 Å². The quantitative estimate of drug-likeness (QED) is 0.635. The minimum absolute atomic E-state index is 0.223. The van der Waals surface area contributed by atoms with Crippen molar-refractivity contribution in [2.45, 2.75) is 44.7 Å². The lowest BCUT2D eigenvalue weighted by molar-refractivity contribution is 0.211. The minimum Gasteiger partial charge on any atom is -0.242 e. The van der Waals surface area contributed by atoms with Crippen molar-refractivity contribution in [2.75, 3.05) is 0 Å². The number of hydrogen-bond donors (Lipinski definition) is 0. The SMILES string of the molecule is FC(c1ccccc1Br)C1CCCCCC1. The molecule has 0 spiro atoms. The summed E-state index contributed by atoms with van der Waals surface area (Å²) in [6, 6.07) is 7.69. The number of alkyl halides is 1. The minimum atomic E-state index is -0.798. The van der Waals surface area contributed by atoms with E-state index in [1.165, 1.54) is 25.7 Å². The highest BCUT2D eigenvalue weighted by Gasteiger charge is 2.24. The summed E-state index contributed by atoms with van der Waals surface area (Å²) in [5.74, 6) is 0.223. The predicted molar refractivity (Wildman–Crippen MR) is 69.2 cm³/mol. The second kappa shape index (κ2) is 5.81. The Morgan fingerprint density at radius 3 is 2.31 bits per heavy atom. The summed E-state index contributed by atoms with van der Waals surface area (Å²) in [6.45, 7) is 0. The average Bonchev–Trinajstić information content (AvgIpc) is 2.57. The molecule has 0 bridgehead atoms. The Bertz CT molecular complexity index is 329. The van der Waals surface area contributed by atoms with Crippen LogP contribution in [0.25, 0.3) is 0 Å². The van der Waals surface area contributed by atoms with Gasteiger partial charge in [0.1, 0.15) is 6.17 Å². The largest absolute Gasteiger partial charge is 0.242 e. The molecule has 1 atom stereocenters. The zero-order valence-corrected chi connectivity index (χ0v) is 11.0.